The van der Waals surface area contributed by atoms with Crippen LogP contribution in [0.5, 0.6) is 0 Å². The quantitative estimate of drug-likeness (QED) is 0.174. The normalized spacial score (nSPS) is 13.5. The molecule has 0 bridgehead atoms. The number of hydrogen-bond donors (Lipinski definition) is 0. The molecular weight excluding hydrogens is 801 g/mol. The van der Waals surface area contributed by atoms with Gasteiger partial charge in [-0.25, -0.2) is 0 Å². The van der Waals surface area contributed by atoms with Crippen LogP contribution in [0.1, 0.15) is 22.3 Å². The molecule has 10 aromatic carbocycles. The predicted molar refractivity (Wildman–Crippen MR) is 267 cm³/mol. The number of fused-ring (bicyclic) bond motifs is 14. The van der Waals surface area contributed by atoms with Crippen LogP contribution in [0.4, 0.5) is 17.1 Å². The van der Waals surface area contributed by atoms with Crippen molar-refractivity contribution in [3.05, 3.63) is 241 Å². The standard InChI is InChI=1S/C59H36N2S2/c1-2-17-38(18-3-1)60(40-32-34-43-42-19-4-8-25-50(42)61(52(43)36-40)51-26-14-30-56-58(51)45-20-5-9-27-53(45)62-56)39-31-33-41-44-21-12-15-37-16-13-24-48(57(37)44)59(49(41)35-39)46-22-6-10-28-54(46)63-55-29-11-7-23-47(55)59/h1-36H. The zero-order valence-corrected chi connectivity index (χ0v) is 35.6. The Labute approximate surface area is 372 Å². The molecule has 294 valence electrons. The number of thiophene rings is 1. The van der Waals surface area contributed by atoms with E-state index in [-0.39, 0.29) is 0 Å². The lowest BCUT2D eigenvalue weighted by Crippen LogP contribution is -2.36. The molecule has 0 fully saturated rings. The van der Waals surface area contributed by atoms with Gasteiger partial charge in [0.2, 0.25) is 0 Å². The van der Waals surface area contributed by atoms with E-state index in [0.717, 1.165) is 17.1 Å². The zero-order valence-electron chi connectivity index (χ0n) is 34.0. The maximum absolute atomic E-state index is 2.51. The summed E-state index contributed by atoms with van der Waals surface area (Å²) in [4.78, 5) is 5.07. The van der Waals surface area contributed by atoms with Gasteiger partial charge in [-0.3, -0.25) is 0 Å². The molecule has 1 aliphatic carbocycles. The molecule has 3 heterocycles. The van der Waals surface area contributed by atoms with Gasteiger partial charge in [0.1, 0.15) is 0 Å². The van der Waals surface area contributed by atoms with Crippen LogP contribution in [0.25, 0.3) is 69.6 Å². The first-order valence-electron chi connectivity index (χ1n) is 21.6. The minimum atomic E-state index is -0.543. The first-order chi connectivity index (χ1) is 31.3. The second-order valence-corrected chi connectivity index (χ2v) is 18.9. The highest BCUT2D eigenvalue weighted by Gasteiger charge is 2.48. The van der Waals surface area contributed by atoms with Crippen LogP contribution in [0.15, 0.2) is 228 Å². The smallest absolute Gasteiger partial charge is 0.0736 e. The molecular formula is C59H36N2S2. The molecule has 0 unspecified atom stereocenters. The van der Waals surface area contributed by atoms with Gasteiger partial charge in [0.05, 0.1) is 22.1 Å². The van der Waals surface area contributed by atoms with Crippen LogP contribution >= 0.6 is 23.1 Å². The highest BCUT2D eigenvalue weighted by Crippen LogP contribution is 2.62. The van der Waals surface area contributed by atoms with E-state index in [1.54, 1.807) is 0 Å². The van der Waals surface area contributed by atoms with Crippen molar-refractivity contribution in [3.8, 4) is 16.8 Å². The van der Waals surface area contributed by atoms with Crippen LogP contribution in [0, 0.1) is 0 Å². The van der Waals surface area contributed by atoms with Crippen molar-refractivity contribution < 1.29 is 0 Å². The van der Waals surface area contributed by atoms with E-state index >= 15 is 0 Å². The van der Waals surface area contributed by atoms with E-state index in [0.29, 0.717) is 0 Å². The molecule has 14 rings (SSSR count). The second-order valence-electron chi connectivity index (χ2n) is 16.8. The highest BCUT2D eigenvalue weighted by atomic mass is 32.2. The number of aromatic nitrogens is 1. The highest BCUT2D eigenvalue weighted by molar-refractivity contribution is 7.99. The number of nitrogens with zero attached hydrogens (tertiary/aromatic N) is 2. The summed E-state index contributed by atoms with van der Waals surface area (Å²) in [5, 5.41) is 7.69. The van der Waals surface area contributed by atoms with Crippen LogP contribution in [0.2, 0.25) is 0 Å². The Morgan fingerprint density at radius 3 is 1.86 bits per heavy atom. The number of benzene rings is 10. The molecule has 2 aliphatic rings. The minimum Gasteiger partial charge on any atom is -0.310 e. The first kappa shape index (κ1) is 35.2. The average Bonchev–Trinajstić information content (AvgIpc) is 3.89. The van der Waals surface area contributed by atoms with E-state index in [4.69, 9.17) is 0 Å². The third-order valence-electron chi connectivity index (χ3n) is 13.6. The third kappa shape index (κ3) is 4.85. The summed E-state index contributed by atoms with van der Waals surface area (Å²) in [5.41, 5.74) is 14.3. The zero-order chi connectivity index (χ0) is 41.2. The monoisotopic (exact) mass is 836 g/mol. The fraction of sp³-hybridized carbons (Fsp3) is 0.0169. The summed E-state index contributed by atoms with van der Waals surface area (Å²) in [5.74, 6) is 0. The van der Waals surface area contributed by atoms with Crippen molar-refractivity contribution in [1.82, 2.24) is 4.57 Å². The van der Waals surface area contributed by atoms with Gasteiger partial charge in [-0.05, 0) is 117 Å². The van der Waals surface area contributed by atoms with Crippen molar-refractivity contribution >= 4 is 92.9 Å². The molecule has 2 aromatic heterocycles. The molecule has 1 spiro atoms. The Morgan fingerprint density at radius 1 is 0.381 bits per heavy atom. The molecule has 12 aromatic rings. The molecule has 0 saturated heterocycles. The number of hydrogen-bond acceptors (Lipinski definition) is 3. The van der Waals surface area contributed by atoms with Gasteiger partial charge in [-0.2, -0.15) is 0 Å². The Morgan fingerprint density at radius 2 is 1.02 bits per heavy atom. The number of rotatable bonds is 4. The van der Waals surface area contributed by atoms with Crippen molar-refractivity contribution in [3.63, 3.8) is 0 Å². The van der Waals surface area contributed by atoms with Crippen LogP contribution in [0.3, 0.4) is 0 Å². The van der Waals surface area contributed by atoms with Crippen LogP contribution in [-0.2, 0) is 5.41 Å². The van der Waals surface area contributed by atoms with E-state index in [1.165, 1.54) is 102 Å². The lowest BCUT2D eigenvalue weighted by atomic mass is 9.59. The maximum Gasteiger partial charge on any atom is 0.0736 e. The molecule has 4 heteroatoms. The van der Waals surface area contributed by atoms with Gasteiger partial charge in [-0.15, -0.1) is 11.3 Å². The summed E-state index contributed by atoms with van der Waals surface area (Å²) >= 11 is 3.76. The Balaban J connectivity index is 1.07. The second kappa shape index (κ2) is 13.3. The molecule has 0 saturated carbocycles. The summed E-state index contributed by atoms with van der Waals surface area (Å²) in [7, 11) is 0. The molecule has 63 heavy (non-hydrogen) atoms. The Hall–Kier alpha value is -7.37. The van der Waals surface area contributed by atoms with E-state index in [1.807, 2.05) is 23.1 Å². The van der Waals surface area contributed by atoms with E-state index < -0.39 is 5.41 Å². The summed E-state index contributed by atoms with van der Waals surface area (Å²) in [6, 6.07) is 81.7. The van der Waals surface area contributed by atoms with E-state index in [2.05, 4.69) is 228 Å². The van der Waals surface area contributed by atoms with Gasteiger partial charge >= 0.3 is 0 Å². The van der Waals surface area contributed by atoms with Gasteiger partial charge in [0.25, 0.3) is 0 Å². The topological polar surface area (TPSA) is 8.17 Å². The van der Waals surface area contributed by atoms with Crippen molar-refractivity contribution in [2.75, 3.05) is 4.90 Å². The largest absolute Gasteiger partial charge is 0.310 e. The Kier molecular flexibility index (Phi) is 7.45. The average molecular weight is 837 g/mol. The fourth-order valence-electron chi connectivity index (χ4n) is 11.1. The predicted octanol–water partition coefficient (Wildman–Crippen LogP) is 16.6. The Bertz CT molecular complexity index is 3810. The lowest BCUT2D eigenvalue weighted by Gasteiger charge is -2.46. The van der Waals surface area contributed by atoms with Crippen LogP contribution in [-0.4, -0.2) is 4.57 Å². The molecule has 0 radical (unpaired) electrons. The summed E-state index contributed by atoms with van der Waals surface area (Å²) in [6.45, 7) is 0. The third-order valence-corrected chi connectivity index (χ3v) is 15.9. The van der Waals surface area contributed by atoms with Gasteiger partial charge in [-0.1, -0.05) is 157 Å². The molecule has 0 N–H and O–H groups in total. The first-order valence-corrected chi connectivity index (χ1v) is 23.2. The van der Waals surface area contributed by atoms with Crippen molar-refractivity contribution in [2.45, 2.75) is 15.2 Å². The maximum atomic E-state index is 2.51. The lowest BCUT2D eigenvalue weighted by molar-refractivity contribution is 0.707. The molecule has 0 amide bonds. The van der Waals surface area contributed by atoms with Gasteiger partial charge in [0, 0.05) is 57.8 Å². The van der Waals surface area contributed by atoms with Gasteiger partial charge < -0.3 is 9.47 Å². The van der Waals surface area contributed by atoms with Gasteiger partial charge in [0.15, 0.2) is 0 Å². The van der Waals surface area contributed by atoms with Crippen molar-refractivity contribution in [2.24, 2.45) is 0 Å². The molecule has 2 nitrogen and oxygen atoms in total. The number of para-hydroxylation sites is 2. The fourth-order valence-corrected chi connectivity index (χ4v) is 13.5. The molecule has 0 atom stereocenters. The minimum absolute atomic E-state index is 0.543. The van der Waals surface area contributed by atoms with Crippen molar-refractivity contribution in [1.29, 1.82) is 0 Å². The summed E-state index contributed by atoms with van der Waals surface area (Å²) < 4.78 is 5.11. The van der Waals surface area contributed by atoms with Crippen LogP contribution < -0.4 is 4.90 Å². The van der Waals surface area contributed by atoms with E-state index in [9.17, 15) is 0 Å². The number of anilines is 3. The SMILES string of the molecule is c1ccc(N(c2ccc3c(c2)C2(c4ccccc4Sc4ccccc42)c2cccc4cccc-3c24)c2ccc3c4ccccc4n(-c4cccc5sc6ccccc6c45)c3c2)cc1. The summed E-state index contributed by atoms with van der Waals surface area (Å²) in [6.07, 6.45) is 0. The molecule has 1 aliphatic heterocycles.